The van der Waals surface area contributed by atoms with Gasteiger partial charge in [-0.2, -0.15) is 0 Å². The Hall–Kier alpha value is -1.12. The lowest BCUT2D eigenvalue weighted by atomic mass is 9.44. The van der Waals surface area contributed by atoms with Crippen molar-refractivity contribution in [2.45, 2.75) is 130 Å². The van der Waals surface area contributed by atoms with Gasteiger partial charge in [-0.3, -0.25) is 9.42 Å². The second-order valence-electron chi connectivity index (χ2n) is 16.0. The summed E-state index contributed by atoms with van der Waals surface area (Å²) in [6.07, 6.45) is 8.80. The fraction of sp³-hybridized carbons (Fsp3) is 0.912. The smallest absolute Gasteiger partial charge is 0.505 e. The predicted molar refractivity (Wildman–Crippen MR) is 166 cm³/mol. The van der Waals surface area contributed by atoms with Crippen molar-refractivity contribution in [1.29, 1.82) is 0 Å². The number of hydrogen-bond donors (Lipinski definition) is 4. The summed E-state index contributed by atoms with van der Waals surface area (Å²) in [5.41, 5.74) is 0.602. The van der Waals surface area contributed by atoms with E-state index < -0.39 is 50.2 Å². The largest absolute Gasteiger partial charge is 0.528 e. The van der Waals surface area contributed by atoms with Gasteiger partial charge < -0.3 is 24.6 Å². The van der Waals surface area contributed by atoms with Crippen LogP contribution in [0, 0.1) is 58.2 Å². The Morgan fingerprint density at radius 3 is 2.34 bits per heavy atom. The van der Waals surface area contributed by atoms with E-state index >= 15 is 0 Å². The number of aliphatic hydroxyl groups excluding tert-OH is 3. The highest BCUT2D eigenvalue weighted by molar-refractivity contribution is 7.47. The standard InChI is InChI=1S/C34H57O9P/c1-19(2)20(3)7-8-21(4)25-11-12-26-24-10-9-22-17-23(13-15-33(22,5)27(24)14-16-34(25,26)6)42-44(39,40)43-31-29(37)30(28(36)18-35)41-32(31)38/h19-28,30,35-37H,7-18H2,1-6H3,(H,39,40)/t20-,21-,22+,23+,24?,25-,26+,27+,28+,30-,33+,34-/m1/s1. The zero-order valence-electron chi connectivity index (χ0n) is 27.6. The number of carbonyl (C=O) groups is 1. The van der Waals surface area contributed by atoms with Crippen LogP contribution in [0.3, 0.4) is 0 Å². The molecule has 0 aromatic carbocycles. The first-order valence-corrected chi connectivity index (χ1v) is 18.7. The molecule has 9 nitrogen and oxygen atoms in total. The highest BCUT2D eigenvalue weighted by Gasteiger charge is 2.61. The summed E-state index contributed by atoms with van der Waals surface area (Å²) in [5, 5.41) is 29.1. The van der Waals surface area contributed by atoms with E-state index in [2.05, 4.69) is 41.5 Å². The summed E-state index contributed by atoms with van der Waals surface area (Å²) in [6, 6.07) is 0. The molecule has 4 aliphatic carbocycles. The summed E-state index contributed by atoms with van der Waals surface area (Å²) in [7, 11) is -4.77. The lowest BCUT2D eigenvalue weighted by molar-refractivity contribution is -0.147. The zero-order chi connectivity index (χ0) is 32.2. The number of ether oxygens (including phenoxy) is 1. The first-order chi connectivity index (χ1) is 20.6. The van der Waals surface area contributed by atoms with Gasteiger partial charge in [-0.05, 0) is 116 Å². The minimum Gasteiger partial charge on any atom is -0.505 e. The molecular formula is C34H57O9P. The number of hydrogen-bond acceptors (Lipinski definition) is 8. The number of esters is 1. The Morgan fingerprint density at radius 2 is 1.66 bits per heavy atom. The molecule has 5 aliphatic rings. The van der Waals surface area contributed by atoms with Gasteiger partial charge in [0.15, 0.2) is 11.9 Å². The van der Waals surface area contributed by atoms with E-state index in [1.807, 2.05) is 0 Å². The Bertz CT molecular complexity index is 1140. The van der Waals surface area contributed by atoms with Gasteiger partial charge in [0.05, 0.1) is 12.7 Å². The van der Waals surface area contributed by atoms with Gasteiger partial charge in [0.25, 0.3) is 5.76 Å². The molecule has 4 fully saturated rings. The fourth-order valence-corrected chi connectivity index (χ4v) is 11.6. The van der Waals surface area contributed by atoms with Gasteiger partial charge in [0.2, 0.25) is 0 Å². The SMILES string of the molecule is CC(C)[C@H](C)CC[C@@H](C)[C@H]1CC[C@H]2C3CC[C@H]4C[C@@H](OP(=O)(O)OC5=C(O)[C@@H]([C@@H](O)CO)OC5=O)CC[C@]4(C)[C@H]3CC[C@]12C. The number of cyclic esters (lactones) is 1. The van der Waals surface area contributed by atoms with Crippen LogP contribution in [0.2, 0.25) is 0 Å². The van der Waals surface area contributed by atoms with Crippen LogP contribution < -0.4 is 0 Å². The molecule has 0 bridgehead atoms. The minimum absolute atomic E-state index is 0.171. The molecule has 0 saturated heterocycles. The first-order valence-electron chi connectivity index (χ1n) is 17.2. The molecule has 10 heteroatoms. The molecule has 1 heterocycles. The topological polar surface area (TPSA) is 143 Å². The van der Waals surface area contributed by atoms with Gasteiger partial charge in [-0.1, -0.05) is 54.4 Å². The van der Waals surface area contributed by atoms with Crippen LogP contribution in [0.25, 0.3) is 0 Å². The van der Waals surface area contributed by atoms with E-state index in [0.29, 0.717) is 30.1 Å². The van der Waals surface area contributed by atoms with Crippen LogP contribution in [0.4, 0.5) is 0 Å². The molecule has 0 aromatic heterocycles. The molecule has 0 aromatic rings. The first kappa shape index (κ1) is 34.2. The third kappa shape index (κ3) is 6.26. The maximum Gasteiger partial charge on any atom is 0.528 e. The van der Waals surface area contributed by atoms with E-state index in [9.17, 15) is 24.5 Å². The summed E-state index contributed by atoms with van der Waals surface area (Å²) in [6.45, 7) is 13.9. The zero-order valence-corrected chi connectivity index (χ0v) is 28.5. The van der Waals surface area contributed by atoms with Crippen LogP contribution in [-0.2, 0) is 23.1 Å². The van der Waals surface area contributed by atoms with Crippen molar-refractivity contribution in [1.82, 2.24) is 0 Å². The summed E-state index contributed by atoms with van der Waals surface area (Å²) in [5.74, 6) is 2.81. The van der Waals surface area contributed by atoms with Crippen molar-refractivity contribution in [2.24, 2.45) is 58.2 Å². The number of phosphoric acid groups is 1. The number of aliphatic hydroxyl groups is 3. The highest BCUT2D eigenvalue weighted by atomic mass is 31.2. The molecule has 0 radical (unpaired) electrons. The van der Waals surface area contributed by atoms with Crippen LogP contribution in [0.5, 0.6) is 0 Å². The Balaban J connectivity index is 1.20. The molecule has 44 heavy (non-hydrogen) atoms. The van der Waals surface area contributed by atoms with Crippen LogP contribution in [0.1, 0.15) is 112 Å². The van der Waals surface area contributed by atoms with Crippen LogP contribution >= 0.6 is 7.82 Å². The van der Waals surface area contributed by atoms with Crippen molar-refractivity contribution in [3.05, 3.63) is 11.5 Å². The summed E-state index contributed by atoms with van der Waals surface area (Å²) >= 11 is 0. The maximum absolute atomic E-state index is 13.0. The lowest BCUT2D eigenvalue weighted by Gasteiger charge is -2.61. The highest BCUT2D eigenvalue weighted by Crippen LogP contribution is 2.69. The molecule has 13 atom stereocenters. The van der Waals surface area contributed by atoms with Crippen molar-refractivity contribution < 1.29 is 43.4 Å². The van der Waals surface area contributed by atoms with Gasteiger partial charge in [0.1, 0.15) is 6.10 Å². The predicted octanol–water partition coefficient (Wildman–Crippen LogP) is 6.90. The van der Waals surface area contributed by atoms with Crippen molar-refractivity contribution >= 4 is 13.8 Å². The lowest BCUT2D eigenvalue weighted by Crippen LogP contribution is -2.54. The van der Waals surface area contributed by atoms with Gasteiger partial charge in [0, 0.05) is 0 Å². The number of carbonyl (C=O) groups excluding carboxylic acids is 1. The second-order valence-corrected chi connectivity index (χ2v) is 17.3. The molecule has 0 amide bonds. The van der Waals surface area contributed by atoms with E-state index in [4.69, 9.17) is 18.9 Å². The molecule has 1 aliphatic heterocycles. The molecular weight excluding hydrogens is 583 g/mol. The van der Waals surface area contributed by atoms with E-state index in [-0.39, 0.29) is 5.41 Å². The summed E-state index contributed by atoms with van der Waals surface area (Å²) in [4.78, 5) is 22.7. The average Bonchev–Trinajstić information content (AvgIpc) is 3.46. The van der Waals surface area contributed by atoms with Gasteiger partial charge >= 0.3 is 13.8 Å². The maximum atomic E-state index is 13.0. The van der Waals surface area contributed by atoms with Crippen LogP contribution in [-0.4, -0.2) is 51.1 Å². The number of phosphoric ester groups is 1. The molecule has 0 spiro atoms. The van der Waals surface area contributed by atoms with Crippen molar-refractivity contribution in [3.8, 4) is 0 Å². The number of rotatable bonds is 11. The van der Waals surface area contributed by atoms with E-state index in [0.717, 1.165) is 48.3 Å². The normalized spacial score (nSPS) is 42.1. The summed E-state index contributed by atoms with van der Waals surface area (Å²) < 4.78 is 28.3. The van der Waals surface area contributed by atoms with Gasteiger partial charge in [-0.25, -0.2) is 9.36 Å². The molecule has 2 unspecified atom stereocenters. The third-order valence-corrected chi connectivity index (χ3v) is 14.5. The van der Waals surface area contributed by atoms with E-state index in [1.54, 1.807) is 0 Å². The van der Waals surface area contributed by atoms with Crippen molar-refractivity contribution in [2.75, 3.05) is 6.61 Å². The molecule has 5 rings (SSSR count). The monoisotopic (exact) mass is 640 g/mol. The fourth-order valence-electron chi connectivity index (χ4n) is 10.6. The van der Waals surface area contributed by atoms with E-state index in [1.165, 1.54) is 44.9 Å². The Morgan fingerprint density at radius 1 is 0.977 bits per heavy atom. The van der Waals surface area contributed by atoms with Gasteiger partial charge in [-0.15, -0.1) is 0 Å². The van der Waals surface area contributed by atoms with Crippen molar-refractivity contribution in [3.63, 3.8) is 0 Å². The molecule has 4 N–H and O–H groups in total. The number of fused-ring (bicyclic) bond motifs is 5. The Labute approximate surface area is 263 Å². The Kier molecular flexibility index (Phi) is 9.97. The minimum atomic E-state index is -4.77. The second kappa shape index (κ2) is 12.8. The third-order valence-electron chi connectivity index (χ3n) is 13.5. The molecule has 252 valence electrons. The molecule has 4 saturated carbocycles. The van der Waals surface area contributed by atoms with Crippen LogP contribution in [0.15, 0.2) is 11.5 Å². The average molecular weight is 641 g/mol. The quantitative estimate of drug-likeness (QED) is 0.140.